The molecule has 3 N–H and O–H groups in total. The van der Waals surface area contributed by atoms with Crippen molar-refractivity contribution in [2.24, 2.45) is 0 Å². The van der Waals surface area contributed by atoms with Crippen molar-refractivity contribution in [3.8, 4) is 0 Å². The van der Waals surface area contributed by atoms with Gasteiger partial charge in [-0.15, -0.1) is 0 Å². The van der Waals surface area contributed by atoms with E-state index in [-0.39, 0.29) is 18.9 Å². The topological polar surface area (TPSA) is 98.2 Å². The van der Waals surface area contributed by atoms with Crippen LogP contribution < -0.4 is 10.6 Å². The van der Waals surface area contributed by atoms with Crippen LogP contribution in [0.3, 0.4) is 0 Å². The lowest BCUT2D eigenvalue weighted by molar-refractivity contribution is 0.102. The second-order valence-corrected chi connectivity index (χ2v) is 8.45. The molecule has 34 heavy (non-hydrogen) atoms. The molecule has 1 aliphatic rings. The fourth-order valence-electron chi connectivity index (χ4n) is 3.54. The molecule has 0 spiro atoms. The minimum absolute atomic E-state index is 0. The number of aromatic nitrogens is 1. The number of hydrogen-bond acceptors (Lipinski definition) is 4. The van der Waals surface area contributed by atoms with E-state index in [1.54, 1.807) is 48.5 Å². The maximum atomic E-state index is 12.8. The zero-order valence-corrected chi connectivity index (χ0v) is 19.1. The third-order valence-corrected chi connectivity index (χ3v) is 5.74. The van der Waals surface area contributed by atoms with Crippen LogP contribution in [0.2, 0.25) is 10.0 Å². The van der Waals surface area contributed by atoms with Gasteiger partial charge >= 0.3 is 0 Å². The highest BCUT2D eigenvalue weighted by atomic mass is 35.5. The van der Waals surface area contributed by atoms with Crippen molar-refractivity contribution in [1.82, 2.24) is 9.88 Å². The first-order valence-electron chi connectivity index (χ1n) is 10.4. The van der Waals surface area contributed by atoms with Crippen molar-refractivity contribution in [3.05, 3.63) is 87.5 Å². The highest BCUT2D eigenvalue weighted by molar-refractivity contribution is 6.31. The molecule has 0 radical (unpaired) electrons. The van der Waals surface area contributed by atoms with Crippen LogP contribution in [0.5, 0.6) is 0 Å². The van der Waals surface area contributed by atoms with Crippen molar-refractivity contribution < 1.29 is 9.59 Å². The number of halogens is 2. The zero-order chi connectivity index (χ0) is 23.4. The molecule has 0 atom stereocenters. The van der Waals surface area contributed by atoms with E-state index < -0.39 is 5.91 Å². The molecule has 1 saturated heterocycles. The number of likely N-dealkylation sites (tertiary alicyclic amines) is 1. The van der Waals surface area contributed by atoms with Crippen LogP contribution in [-0.4, -0.2) is 40.6 Å². The minimum atomic E-state index is -0.475. The Labute approximate surface area is 208 Å². The van der Waals surface area contributed by atoms with Gasteiger partial charge < -0.3 is 15.5 Å². The van der Waals surface area contributed by atoms with Gasteiger partial charge in [0.2, 0.25) is 0 Å². The molecule has 3 aromatic rings. The van der Waals surface area contributed by atoms with Gasteiger partial charge in [0.25, 0.3) is 11.8 Å². The largest absolute Gasteiger partial charge is 0.357 e. The quantitative estimate of drug-likeness (QED) is 0.299. The first kappa shape index (κ1) is 25.2. The number of rotatable bonds is 5. The van der Waals surface area contributed by atoms with Crippen molar-refractivity contribution in [2.75, 3.05) is 23.7 Å². The molecule has 2 aromatic carbocycles. The van der Waals surface area contributed by atoms with Crippen molar-refractivity contribution in [3.63, 3.8) is 0 Å². The predicted molar refractivity (Wildman–Crippen MR) is 137 cm³/mol. The summed E-state index contributed by atoms with van der Waals surface area (Å²) in [6.07, 6.45) is 3.60. The number of pyridine rings is 1. The monoisotopic (exact) mass is 497 g/mol. The van der Waals surface area contributed by atoms with Gasteiger partial charge in [0.05, 0.1) is 16.3 Å². The molecule has 2 heterocycles. The molecule has 1 aromatic heterocycles. The third kappa shape index (κ3) is 5.92. The molecule has 0 unspecified atom stereocenters. The van der Waals surface area contributed by atoms with Crippen molar-refractivity contribution >= 4 is 52.4 Å². The normalized spacial score (nSPS) is 12.6. The standard InChI is InChI=1S/C24H21Cl2N5O2.CH4/c25-17-7-9-20(19(13-17)24(33)30-21-10-8-18(26)14-28-21)29-23(32)16-5-3-15(4-6-16)22(27)31-11-1-2-12-31;/h3-10,13-14,27H,1-2,11-12H2,(H,29,32)(H,28,30,33);1H4. The van der Waals surface area contributed by atoms with E-state index in [9.17, 15) is 9.59 Å². The highest BCUT2D eigenvalue weighted by Gasteiger charge is 2.18. The zero-order valence-electron chi connectivity index (χ0n) is 17.6. The Morgan fingerprint density at radius 2 is 1.50 bits per heavy atom. The second-order valence-electron chi connectivity index (χ2n) is 7.58. The number of benzene rings is 2. The van der Waals surface area contributed by atoms with Gasteiger partial charge in [-0.3, -0.25) is 15.0 Å². The van der Waals surface area contributed by atoms with E-state index in [4.69, 9.17) is 28.6 Å². The van der Waals surface area contributed by atoms with Gasteiger partial charge in [0.1, 0.15) is 11.7 Å². The number of nitrogens with one attached hydrogen (secondary N) is 3. The smallest absolute Gasteiger partial charge is 0.258 e. The predicted octanol–water partition coefficient (Wildman–Crippen LogP) is 5.95. The average molecular weight is 498 g/mol. The SMILES string of the molecule is C.N=C(c1ccc(C(=O)Nc2ccc(Cl)cc2C(=O)Nc2ccc(Cl)cn2)cc1)N1CCCC1. The lowest BCUT2D eigenvalue weighted by Gasteiger charge is -2.18. The van der Waals surface area contributed by atoms with Gasteiger partial charge in [-0.25, -0.2) is 4.98 Å². The Balaban J connectivity index is 0.00000324. The van der Waals surface area contributed by atoms with Gasteiger partial charge in [0, 0.05) is 35.4 Å². The first-order valence-corrected chi connectivity index (χ1v) is 11.1. The highest BCUT2D eigenvalue weighted by Crippen LogP contribution is 2.23. The van der Waals surface area contributed by atoms with Crippen LogP contribution in [0, 0.1) is 5.41 Å². The van der Waals surface area contributed by atoms with Crippen LogP contribution in [0.15, 0.2) is 60.8 Å². The summed E-state index contributed by atoms with van der Waals surface area (Å²) in [4.78, 5) is 31.7. The molecule has 1 fully saturated rings. The summed E-state index contributed by atoms with van der Waals surface area (Å²) in [6.45, 7) is 1.77. The molecule has 1 aliphatic heterocycles. The molecule has 7 nitrogen and oxygen atoms in total. The number of hydrogen-bond donors (Lipinski definition) is 3. The van der Waals surface area contributed by atoms with E-state index in [1.165, 1.54) is 12.3 Å². The summed E-state index contributed by atoms with van der Waals surface area (Å²) in [5.74, 6) is -0.0723. The van der Waals surface area contributed by atoms with E-state index >= 15 is 0 Å². The summed E-state index contributed by atoms with van der Waals surface area (Å²) in [5, 5.41) is 14.6. The number of amides is 2. The van der Waals surface area contributed by atoms with Gasteiger partial charge in [-0.1, -0.05) is 42.8 Å². The van der Waals surface area contributed by atoms with Crippen LogP contribution in [-0.2, 0) is 0 Å². The first-order chi connectivity index (χ1) is 15.9. The Kier molecular flexibility index (Phi) is 8.26. The second kappa shape index (κ2) is 11.1. The molecule has 4 rings (SSSR count). The lowest BCUT2D eigenvalue weighted by atomic mass is 10.1. The Morgan fingerprint density at radius 3 is 2.15 bits per heavy atom. The van der Waals surface area contributed by atoms with E-state index in [1.807, 2.05) is 4.90 Å². The summed E-state index contributed by atoms with van der Waals surface area (Å²) >= 11 is 11.9. The summed E-state index contributed by atoms with van der Waals surface area (Å²) in [6, 6.07) is 14.7. The van der Waals surface area contributed by atoms with Gasteiger partial charge in [0.15, 0.2) is 0 Å². The number of amidine groups is 1. The van der Waals surface area contributed by atoms with Crippen LogP contribution >= 0.6 is 23.2 Å². The van der Waals surface area contributed by atoms with Gasteiger partial charge in [-0.05, 0) is 55.3 Å². The van der Waals surface area contributed by atoms with E-state index in [0.717, 1.165) is 31.5 Å². The molecule has 176 valence electrons. The van der Waals surface area contributed by atoms with Crippen molar-refractivity contribution in [1.29, 1.82) is 5.41 Å². The number of carbonyl (C=O) groups is 2. The van der Waals surface area contributed by atoms with Crippen LogP contribution in [0.25, 0.3) is 0 Å². The summed E-state index contributed by atoms with van der Waals surface area (Å²) in [5.41, 5.74) is 1.67. The summed E-state index contributed by atoms with van der Waals surface area (Å²) < 4.78 is 0. The number of anilines is 2. The maximum absolute atomic E-state index is 12.8. The Hall–Kier alpha value is -3.42. The Morgan fingerprint density at radius 1 is 0.853 bits per heavy atom. The molecule has 2 amide bonds. The third-order valence-electron chi connectivity index (χ3n) is 5.29. The summed E-state index contributed by atoms with van der Waals surface area (Å²) in [7, 11) is 0. The Bertz CT molecular complexity index is 1190. The van der Waals surface area contributed by atoms with Crippen LogP contribution in [0.1, 0.15) is 46.5 Å². The molecule has 0 saturated carbocycles. The lowest BCUT2D eigenvalue weighted by Crippen LogP contribution is -2.27. The minimum Gasteiger partial charge on any atom is -0.357 e. The molecule has 0 aliphatic carbocycles. The molecule has 9 heteroatoms. The van der Waals surface area contributed by atoms with Gasteiger partial charge in [-0.2, -0.15) is 0 Å². The number of carbonyl (C=O) groups excluding carboxylic acids is 2. The maximum Gasteiger partial charge on any atom is 0.258 e. The molecule has 0 bridgehead atoms. The fourth-order valence-corrected chi connectivity index (χ4v) is 3.83. The average Bonchev–Trinajstić information content (AvgIpc) is 3.36. The van der Waals surface area contributed by atoms with Crippen LogP contribution in [0.4, 0.5) is 11.5 Å². The molecular formula is C25H25Cl2N5O2. The number of nitrogens with zero attached hydrogens (tertiary/aromatic N) is 2. The van der Waals surface area contributed by atoms with E-state index in [2.05, 4.69) is 15.6 Å². The fraction of sp³-hybridized carbons (Fsp3) is 0.200. The van der Waals surface area contributed by atoms with E-state index in [0.29, 0.717) is 32.9 Å². The molecular weight excluding hydrogens is 473 g/mol. The van der Waals surface area contributed by atoms with Crippen molar-refractivity contribution in [2.45, 2.75) is 20.3 Å².